The lowest BCUT2D eigenvalue weighted by atomic mass is 10.0. The van der Waals surface area contributed by atoms with Crippen molar-refractivity contribution in [3.05, 3.63) is 34.5 Å². The van der Waals surface area contributed by atoms with Gasteiger partial charge in [-0.1, -0.05) is 12.1 Å². The van der Waals surface area contributed by atoms with Crippen molar-refractivity contribution in [1.29, 1.82) is 0 Å². The Morgan fingerprint density at radius 1 is 1.38 bits per heavy atom. The van der Waals surface area contributed by atoms with Gasteiger partial charge in [-0.15, -0.1) is 0 Å². The van der Waals surface area contributed by atoms with Gasteiger partial charge in [0.25, 0.3) is 0 Å². The first kappa shape index (κ1) is 18.5. The third-order valence-electron chi connectivity index (χ3n) is 4.77. The Morgan fingerprint density at radius 3 is 2.73 bits per heavy atom. The number of alkyl halides is 3. The van der Waals surface area contributed by atoms with Gasteiger partial charge in [0.2, 0.25) is 5.91 Å². The Labute approximate surface area is 148 Å². The van der Waals surface area contributed by atoms with Crippen LogP contribution in [0.5, 0.6) is 0 Å². The Kier molecular flexibility index (Phi) is 4.81. The molecule has 1 atom stereocenters. The molecule has 0 saturated carbocycles. The van der Waals surface area contributed by atoms with Crippen LogP contribution in [0.15, 0.2) is 10.6 Å². The average molecular weight is 370 g/mol. The fourth-order valence-corrected chi connectivity index (χ4v) is 3.50. The van der Waals surface area contributed by atoms with Crippen molar-refractivity contribution in [2.45, 2.75) is 58.8 Å². The molecule has 1 saturated heterocycles. The van der Waals surface area contributed by atoms with E-state index in [-0.39, 0.29) is 18.5 Å². The Bertz CT molecular complexity index is 810. The summed E-state index contributed by atoms with van der Waals surface area (Å²) in [6, 6.07) is 0.801. The van der Waals surface area contributed by atoms with Gasteiger partial charge < -0.3 is 9.42 Å². The van der Waals surface area contributed by atoms with Crippen LogP contribution in [0.3, 0.4) is 0 Å². The van der Waals surface area contributed by atoms with Gasteiger partial charge in [0.1, 0.15) is 12.3 Å². The maximum Gasteiger partial charge on any atom is 0.435 e. The molecular weight excluding hydrogens is 349 g/mol. The maximum atomic E-state index is 12.8. The van der Waals surface area contributed by atoms with Crippen molar-refractivity contribution in [2.75, 3.05) is 6.54 Å². The average Bonchev–Trinajstić information content (AvgIpc) is 3.25. The number of carbonyl (C=O) groups excluding carboxylic acids is 1. The monoisotopic (exact) mass is 370 g/mol. The third kappa shape index (κ3) is 3.34. The molecular formula is C17H21F3N4O2. The van der Waals surface area contributed by atoms with Gasteiger partial charge in [-0.3, -0.25) is 9.48 Å². The molecule has 6 nitrogen and oxygen atoms in total. The smallest absolute Gasteiger partial charge is 0.361 e. The molecule has 0 N–H and O–H groups in total. The van der Waals surface area contributed by atoms with Crippen LogP contribution in [-0.4, -0.2) is 32.3 Å². The summed E-state index contributed by atoms with van der Waals surface area (Å²) in [4.78, 5) is 14.5. The lowest BCUT2D eigenvalue weighted by Crippen LogP contribution is -2.34. The van der Waals surface area contributed by atoms with Gasteiger partial charge >= 0.3 is 6.18 Å². The van der Waals surface area contributed by atoms with Crippen LogP contribution >= 0.6 is 0 Å². The van der Waals surface area contributed by atoms with Crippen LogP contribution in [0.4, 0.5) is 13.2 Å². The van der Waals surface area contributed by atoms with Crippen molar-refractivity contribution < 1.29 is 22.5 Å². The zero-order chi connectivity index (χ0) is 19.1. The van der Waals surface area contributed by atoms with E-state index >= 15 is 0 Å². The van der Waals surface area contributed by atoms with E-state index in [1.165, 1.54) is 6.92 Å². The fraction of sp³-hybridized carbons (Fsp3) is 0.588. The minimum Gasteiger partial charge on any atom is -0.361 e. The van der Waals surface area contributed by atoms with Crippen molar-refractivity contribution in [1.82, 2.24) is 19.8 Å². The molecule has 3 rings (SSSR count). The van der Waals surface area contributed by atoms with Crippen LogP contribution in [0, 0.1) is 13.8 Å². The standard InChI is InChI=1S/C17H21F3N4O2/c1-4-13-16(11(3)22-26-13)12-6-5-7-23(12)15(25)9-24-10(2)8-14(21-24)17(18,19)20/h8,12H,4-7,9H2,1-3H3/t12-/m0/s1. The predicted octanol–water partition coefficient (Wildman–Crippen LogP) is 3.43. The molecule has 0 spiro atoms. The Hall–Kier alpha value is -2.32. The fourth-order valence-electron chi connectivity index (χ4n) is 3.50. The zero-order valence-corrected chi connectivity index (χ0v) is 14.9. The van der Waals surface area contributed by atoms with E-state index in [1.54, 1.807) is 4.90 Å². The second-order valence-electron chi connectivity index (χ2n) is 6.53. The number of aryl methyl sites for hydroxylation is 3. The highest BCUT2D eigenvalue weighted by atomic mass is 19.4. The van der Waals surface area contributed by atoms with Crippen molar-refractivity contribution in [2.24, 2.45) is 0 Å². The van der Waals surface area contributed by atoms with Crippen LogP contribution in [0.1, 0.15) is 54.2 Å². The summed E-state index contributed by atoms with van der Waals surface area (Å²) in [5.41, 5.74) is 0.994. The van der Waals surface area contributed by atoms with Gasteiger partial charge in [-0.25, -0.2) is 0 Å². The minimum atomic E-state index is -4.52. The topological polar surface area (TPSA) is 64.2 Å². The summed E-state index contributed by atoms with van der Waals surface area (Å²) in [5.74, 6) is 0.497. The number of hydrogen-bond acceptors (Lipinski definition) is 4. The molecule has 0 radical (unpaired) electrons. The highest BCUT2D eigenvalue weighted by molar-refractivity contribution is 5.77. The predicted molar refractivity (Wildman–Crippen MR) is 86.3 cm³/mol. The molecule has 0 unspecified atom stereocenters. The van der Waals surface area contributed by atoms with Crippen molar-refractivity contribution in [3.63, 3.8) is 0 Å². The first-order valence-corrected chi connectivity index (χ1v) is 8.58. The van der Waals surface area contributed by atoms with E-state index in [1.807, 2.05) is 13.8 Å². The minimum absolute atomic E-state index is 0.151. The molecule has 0 aromatic carbocycles. The van der Waals surface area contributed by atoms with E-state index in [4.69, 9.17) is 4.52 Å². The Morgan fingerprint density at radius 2 is 2.12 bits per heavy atom. The van der Waals surface area contributed by atoms with E-state index < -0.39 is 11.9 Å². The summed E-state index contributed by atoms with van der Waals surface area (Å²) in [5, 5.41) is 7.54. The van der Waals surface area contributed by atoms with Crippen LogP contribution in [0.25, 0.3) is 0 Å². The van der Waals surface area contributed by atoms with E-state index in [9.17, 15) is 18.0 Å². The number of carbonyl (C=O) groups is 1. The van der Waals surface area contributed by atoms with E-state index in [2.05, 4.69) is 10.3 Å². The lowest BCUT2D eigenvalue weighted by molar-refractivity contribution is -0.142. The highest BCUT2D eigenvalue weighted by Crippen LogP contribution is 2.36. The summed E-state index contributed by atoms with van der Waals surface area (Å²) >= 11 is 0. The van der Waals surface area contributed by atoms with E-state index in [0.29, 0.717) is 18.7 Å². The third-order valence-corrected chi connectivity index (χ3v) is 4.77. The van der Waals surface area contributed by atoms with Crippen molar-refractivity contribution in [3.8, 4) is 0 Å². The molecule has 1 aliphatic rings. The lowest BCUT2D eigenvalue weighted by Gasteiger charge is -2.25. The number of amides is 1. The second-order valence-corrected chi connectivity index (χ2v) is 6.53. The molecule has 1 fully saturated rings. The quantitative estimate of drug-likeness (QED) is 0.827. The summed E-state index contributed by atoms with van der Waals surface area (Å²) in [6.07, 6.45) is -2.24. The zero-order valence-electron chi connectivity index (χ0n) is 14.9. The number of hydrogen-bond donors (Lipinski definition) is 0. The van der Waals surface area contributed by atoms with Crippen molar-refractivity contribution >= 4 is 5.91 Å². The second kappa shape index (κ2) is 6.77. The molecule has 0 aliphatic carbocycles. The molecule has 142 valence electrons. The molecule has 0 bridgehead atoms. The molecule has 1 aliphatic heterocycles. The first-order chi connectivity index (χ1) is 12.2. The van der Waals surface area contributed by atoms with Crippen LogP contribution in [0.2, 0.25) is 0 Å². The van der Waals surface area contributed by atoms with Gasteiger partial charge in [0.15, 0.2) is 5.69 Å². The normalized spacial score (nSPS) is 17.9. The first-order valence-electron chi connectivity index (χ1n) is 8.58. The number of likely N-dealkylation sites (tertiary alicyclic amines) is 1. The molecule has 9 heteroatoms. The van der Waals surface area contributed by atoms with Gasteiger partial charge in [-0.05, 0) is 32.8 Å². The molecule has 26 heavy (non-hydrogen) atoms. The summed E-state index contributed by atoms with van der Waals surface area (Å²) in [6.45, 7) is 5.65. The number of aromatic nitrogens is 3. The van der Waals surface area contributed by atoms with Crippen LogP contribution < -0.4 is 0 Å². The van der Waals surface area contributed by atoms with E-state index in [0.717, 1.165) is 40.6 Å². The number of nitrogens with zero attached hydrogens (tertiary/aromatic N) is 4. The van der Waals surface area contributed by atoms with Gasteiger partial charge in [-0.2, -0.15) is 18.3 Å². The molecule has 2 aromatic heterocycles. The molecule has 1 amide bonds. The largest absolute Gasteiger partial charge is 0.435 e. The van der Waals surface area contributed by atoms with Gasteiger partial charge in [0.05, 0.1) is 11.7 Å². The summed E-state index contributed by atoms with van der Waals surface area (Å²) in [7, 11) is 0. The number of rotatable bonds is 4. The Balaban J connectivity index is 1.81. The highest BCUT2D eigenvalue weighted by Gasteiger charge is 2.36. The summed E-state index contributed by atoms with van der Waals surface area (Å²) < 4.78 is 44.9. The molecule has 3 heterocycles. The SMILES string of the molecule is CCc1onc(C)c1[C@@H]1CCCN1C(=O)Cn1nc(C(F)(F)F)cc1C. The molecule has 2 aromatic rings. The maximum absolute atomic E-state index is 12.8. The van der Waals surface area contributed by atoms with Gasteiger partial charge in [0, 0.05) is 24.2 Å². The van der Waals surface area contributed by atoms with Crippen LogP contribution in [-0.2, 0) is 23.9 Å². The number of halogens is 3.